The molecule has 3 rings (SSSR count). The van der Waals surface area contributed by atoms with Crippen molar-refractivity contribution in [3.63, 3.8) is 0 Å². The smallest absolute Gasteiger partial charge is 0.229 e. The Kier molecular flexibility index (Phi) is 7.41. The van der Waals surface area contributed by atoms with Gasteiger partial charge in [0, 0.05) is 24.5 Å². The number of hydrogen-bond acceptors (Lipinski definition) is 6. The molecular formula is C22H30FN5O. The van der Waals surface area contributed by atoms with E-state index in [9.17, 15) is 4.39 Å². The molecule has 1 aliphatic rings. The van der Waals surface area contributed by atoms with E-state index in [0.29, 0.717) is 30.0 Å². The minimum absolute atomic E-state index is 0.323. The second kappa shape index (κ2) is 10.2. The van der Waals surface area contributed by atoms with E-state index in [-0.39, 0.29) is 5.83 Å². The molecule has 0 saturated heterocycles. The molecular weight excluding hydrogens is 369 g/mol. The van der Waals surface area contributed by atoms with Crippen LogP contribution in [-0.2, 0) is 0 Å². The van der Waals surface area contributed by atoms with Crippen molar-refractivity contribution in [2.45, 2.75) is 38.6 Å². The van der Waals surface area contributed by atoms with E-state index in [4.69, 9.17) is 4.74 Å². The van der Waals surface area contributed by atoms with Crippen LogP contribution in [0.4, 0.5) is 21.8 Å². The van der Waals surface area contributed by atoms with Crippen LogP contribution in [-0.4, -0.2) is 48.2 Å². The van der Waals surface area contributed by atoms with Gasteiger partial charge in [-0.1, -0.05) is 18.9 Å². The minimum atomic E-state index is -0.323. The summed E-state index contributed by atoms with van der Waals surface area (Å²) in [6, 6.07) is 7.98. The topological polar surface area (TPSA) is 62.3 Å². The maximum Gasteiger partial charge on any atom is 0.229 e. The van der Waals surface area contributed by atoms with Gasteiger partial charge >= 0.3 is 0 Å². The molecule has 0 spiro atoms. The second-order valence-corrected chi connectivity index (χ2v) is 7.52. The van der Waals surface area contributed by atoms with Crippen LogP contribution in [0.2, 0.25) is 0 Å². The highest BCUT2D eigenvalue weighted by molar-refractivity contribution is 5.70. The number of ether oxygens (including phenoxy) is 1. The van der Waals surface area contributed by atoms with Gasteiger partial charge in [-0.25, -0.2) is 9.37 Å². The van der Waals surface area contributed by atoms with Crippen LogP contribution in [0.5, 0.6) is 5.75 Å². The summed E-state index contributed by atoms with van der Waals surface area (Å²) in [6.07, 6.45) is 7.51. The molecule has 1 aromatic heterocycles. The van der Waals surface area contributed by atoms with Gasteiger partial charge < -0.3 is 20.3 Å². The summed E-state index contributed by atoms with van der Waals surface area (Å²) in [5, 5.41) is 6.58. The van der Waals surface area contributed by atoms with Crippen molar-refractivity contribution in [1.82, 2.24) is 14.9 Å². The average molecular weight is 400 g/mol. The zero-order valence-corrected chi connectivity index (χ0v) is 17.4. The Labute approximate surface area is 172 Å². The fraction of sp³-hybridized carbons (Fsp3) is 0.455. The number of aromatic nitrogens is 2. The number of rotatable bonds is 9. The number of hydrogen-bond donors (Lipinski definition) is 2. The van der Waals surface area contributed by atoms with Crippen LogP contribution in [0.3, 0.4) is 0 Å². The van der Waals surface area contributed by atoms with E-state index >= 15 is 0 Å². The number of nitrogens with one attached hydrogen (secondary N) is 2. The Bertz CT molecular complexity index is 816. The molecule has 0 atom stereocenters. The average Bonchev–Trinajstić information content (AvgIpc) is 3.22. The molecule has 2 aromatic rings. The van der Waals surface area contributed by atoms with Crippen molar-refractivity contribution in [2.24, 2.45) is 0 Å². The Morgan fingerprint density at radius 3 is 2.62 bits per heavy atom. The predicted octanol–water partition coefficient (Wildman–Crippen LogP) is 4.85. The molecule has 0 amide bonds. The first kappa shape index (κ1) is 21.0. The summed E-state index contributed by atoms with van der Waals surface area (Å²) in [7, 11) is 4.03. The highest BCUT2D eigenvalue weighted by Gasteiger charge is 2.19. The molecule has 156 valence electrons. The molecule has 0 bridgehead atoms. The van der Waals surface area contributed by atoms with Crippen molar-refractivity contribution in [3.05, 3.63) is 42.1 Å². The quantitative estimate of drug-likeness (QED) is 0.629. The third-order valence-corrected chi connectivity index (χ3v) is 4.91. The fourth-order valence-corrected chi connectivity index (χ4v) is 3.26. The van der Waals surface area contributed by atoms with Gasteiger partial charge in [-0.15, -0.1) is 0 Å². The second-order valence-electron chi connectivity index (χ2n) is 7.52. The van der Waals surface area contributed by atoms with Crippen molar-refractivity contribution < 1.29 is 9.13 Å². The van der Waals surface area contributed by atoms with Crippen molar-refractivity contribution in [2.75, 3.05) is 37.9 Å². The zero-order valence-electron chi connectivity index (χ0n) is 17.4. The van der Waals surface area contributed by atoms with Crippen molar-refractivity contribution in [3.8, 4) is 5.75 Å². The van der Waals surface area contributed by atoms with Gasteiger partial charge in [-0.3, -0.25) is 0 Å². The number of halogens is 1. The number of benzene rings is 1. The number of anilines is 3. The van der Waals surface area contributed by atoms with Gasteiger partial charge in [0.15, 0.2) is 0 Å². The Morgan fingerprint density at radius 2 is 1.97 bits per heavy atom. The molecule has 29 heavy (non-hydrogen) atoms. The van der Waals surface area contributed by atoms with Gasteiger partial charge in [0.05, 0.1) is 5.56 Å². The van der Waals surface area contributed by atoms with Gasteiger partial charge in [0.25, 0.3) is 0 Å². The first-order valence-electron chi connectivity index (χ1n) is 10.2. The highest BCUT2D eigenvalue weighted by atomic mass is 19.1. The molecule has 2 N–H and O–H groups in total. The van der Waals surface area contributed by atoms with Crippen LogP contribution in [0.1, 0.15) is 38.2 Å². The molecule has 1 aliphatic carbocycles. The zero-order chi connectivity index (χ0) is 20.6. The SMILES string of the molecule is C/C=C(\F)c1cnc(Nc2ccc(OCCN(C)C)cc2)nc1NC1CCCC1. The van der Waals surface area contributed by atoms with Crippen LogP contribution in [0, 0.1) is 0 Å². The fourth-order valence-electron chi connectivity index (χ4n) is 3.26. The normalized spacial score (nSPS) is 15.0. The number of likely N-dealkylation sites (N-methyl/N-ethyl adjacent to an activating group) is 1. The van der Waals surface area contributed by atoms with Crippen molar-refractivity contribution in [1.29, 1.82) is 0 Å². The third-order valence-electron chi connectivity index (χ3n) is 4.91. The first-order valence-corrected chi connectivity index (χ1v) is 10.2. The van der Waals surface area contributed by atoms with Crippen LogP contribution in [0.25, 0.3) is 5.83 Å². The van der Waals surface area contributed by atoms with E-state index in [0.717, 1.165) is 30.8 Å². The van der Waals surface area contributed by atoms with E-state index in [1.165, 1.54) is 25.1 Å². The first-order chi connectivity index (χ1) is 14.0. The monoisotopic (exact) mass is 399 g/mol. The van der Waals surface area contributed by atoms with Gasteiger partial charge in [0.1, 0.15) is 24.0 Å². The third kappa shape index (κ3) is 6.15. The van der Waals surface area contributed by atoms with Gasteiger partial charge in [-0.05, 0) is 58.1 Å². The lowest BCUT2D eigenvalue weighted by Gasteiger charge is -2.16. The Morgan fingerprint density at radius 1 is 1.24 bits per heavy atom. The minimum Gasteiger partial charge on any atom is -0.492 e. The lowest BCUT2D eigenvalue weighted by molar-refractivity contribution is 0.261. The predicted molar refractivity (Wildman–Crippen MR) is 116 cm³/mol. The maximum absolute atomic E-state index is 14.3. The summed E-state index contributed by atoms with van der Waals surface area (Å²) in [5.41, 5.74) is 1.24. The molecule has 1 saturated carbocycles. The Hall–Kier alpha value is -2.67. The van der Waals surface area contributed by atoms with Crippen LogP contribution >= 0.6 is 0 Å². The molecule has 0 aliphatic heterocycles. The molecule has 0 unspecified atom stereocenters. The largest absolute Gasteiger partial charge is 0.492 e. The molecule has 7 heteroatoms. The maximum atomic E-state index is 14.3. The lowest BCUT2D eigenvalue weighted by Crippen LogP contribution is -2.19. The van der Waals surface area contributed by atoms with Crippen LogP contribution in [0.15, 0.2) is 36.5 Å². The summed E-state index contributed by atoms with van der Waals surface area (Å²) < 4.78 is 20.0. The molecule has 0 radical (unpaired) electrons. The van der Waals surface area contributed by atoms with E-state index in [1.54, 1.807) is 6.92 Å². The summed E-state index contributed by atoms with van der Waals surface area (Å²) in [5.74, 6) is 1.46. The van der Waals surface area contributed by atoms with Crippen LogP contribution < -0.4 is 15.4 Å². The molecule has 1 heterocycles. The summed E-state index contributed by atoms with van der Waals surface area (Å²) >= 11 is 0. The summed E-state index contributed by atoms with van der Waals surface area (Å²) in [4.78, 5) is 10.9. The summed E-state index contributed by atoms with van der Waals surface area (Å²) in [6.45, 7) is 3.17. The standard InChI is InChI=1S/C22H30FN5O/c1-4-20(23)19-15-24-22(27-21(19)25-16-7-5-6-8-16)26-17-9-11-18(12-10-17)29-14-13-28(2)3/h4,9-12,15-16H,5-8,13-14H2,1-3H3,(H2,24,25,26,27)/b20-4-. The molecule has 6 nitrogen and oxygen atoms in total. The molecule has 1 aromatic carbocycles. The van der Waals surface area contributed by atoms with Gasteiger partial charge in [-0.2, -0.15) is 4.98 Å². The van der Waals surface area contributed by atoms with E-state index < -0.39 is 0 Å². The molecule has 1 fully saturated rings. The number of allylic oxidation sites excluding steroid dienone is 1. The number of nitrogens with zero attached hydrogens (tertiary/aromatic N) is 3. The lowest BCUT2D eigenvalue weighted by atomic mass is 10.2. The highest BCUT2D eigenvalue weighted by Crippen LogP contribution is 2.28. The van der Waals surface area contributed by atoms with Crippen molar-refractivity contribution >= 4 is 23.3 Å². The van der Waals surface area contributed by atoms with Gasteiger partial charge in [0.2, 0.25) is 5.95 Å². The van der Waals surface area contributed by atoms with E-state index in [1.807, 2.05) is 38.4 Å². The van der Waals surface area contributed by atoms with E-state index in [2.05, 4.69) is 25.5 Å². The Balaban J connectivity index is 1.69.